The van der Waals surface area contributed by atoms with E-state index in [2.05, 4.69) is 9.97 Å². The topological polar surface area (TPSA) is 96.3 Å². The summed E-state index contributed by atoms with van der Waals surface area (Å²) in [6.07, 6.45) is 1.63. The first-order chi connectivity index (χ1) is 9.19. The van der Waals surface area contributed by atoms with Crippen LogP contribution >= 0.6 is 0 Å². The van der Waals surface area contributed by atoms with Gasteiger partial charge >= 0.3 is 0 Å². The van der Waals surface area contributed by atoms with Crippen LogP contribution in [0.4, 0.5) is 5.82 Å². The molecule has 6 nitrogen and oxygen atoms in total. The molecule has 0 saturated carbocycles. The SMILES string of the molecule is COc1ccc(-c2ncc(CN)c(N)n2)cc1OC. The second kappa shape index (κ2) is 5.53. The van der Waals surface area contributed by atoms with Crippen LogP contribution in [0.1, 0.15) is 5.56 Å². The highest BCUT2D eigenvalue weighted by atomic mass is 16.5. The normalized spacial score (nSPS) is 10.3. The molecule has 0 fully saturated rings. The van der Waals surface area contributed by atoms with Gasteiger partial charge in [-0.25, -0.2) is 9.97 Å². The number of nitrogens with zero attached hydrogens (tertiary/aromatic N) is 2. The van der Waals surface area contributed by atoms with Gasteiger partial charge in [0, 0.05) is 23.9 Å². The molecule has 0 amide bonds. The summed E-state index contributed by atoms with van der Waals surface area (Å²) in [5.74, 6) is 2.18. The fourth-order valence-corrected chi connectivity index (χ4v) is 1.69. The third-order valence-electron chi connectivity index (χ3n) is 2.76. The first kappa shape index (κ1) is 13.1. The van der Waals surface area contributed by atoms with Gasteiger partial charge in [0.2, 0.25) is 0 Å². The fourth-order valence-electron chi connectivity index (χ4n) is 1.69. The molecule has 100 valence electrons. The minimum atomic E-state index is 0.318. The maximum Gasteiger partial charge on any atom is 0.161 e. The van der Waals surface area contributed by atoms with Crippen LogP contribution in [-0.4, -0.2) is 24.2 Å². The van der Waals surface area contributed by atoms with Crippen LogP contribution in [0.25, 0.3) is 11.4 Å². The fraction of sp³-hybridized carbons (Fsp3) is 0.231. The van der Waals surface area contributed by atoms with Crippen LogP contribution < -0.4 is 20.9 Å². The van der Waals surface area contributed by atoms with Crippen LogP contribution in [0.5, 0.6) is 11.5 Å². The lowest BCUT2D eigenvalue weighted by Gasteiger charge is -2.09. The molecule has 0 atom stereocenters. The van der Waals surface area contributed by atoms with E-state index >= 15 is 0 Å². The molecular weight excluding hydrogens is 244 g/mol. The molecular formula is C13H16N4O2. The maximum atomic E-state index is 5.81. The predicted octanol–water partition coefficient (Wildman–Crippen LogP) is 1.20. The standard InChI is InChI=1S/C13H16N4O2/c1-18-10-4-3-8(5-11(10)19-2)13-16-7-9(6-14)12(15)17-13/h3-5,7H,6,14H2,1-2H3,(H2,15,16,17). The summed E-state index contributed by atoms with van der Waals surface area (Å²) >= 11 is 0. The first-order valence-electron chi connectivity index (χ1n) is 5.73. The van der Waals surface area contributed by atoms with Gasteiger partial charge in [0.25, 0.3) is 0 Å². The smallest absolute Gasteiger partial charge is 0.161 e. The van der Waals surface area contributed by atoms with E-state index in [0.29, 0.717) is 29.7 Å². The van der Waals surface area contributed by atoms with E-state index in [1.165, 1.54) is 0 Å². The number of ether oxygens (including phenoxy) is 2. The monoisotopic (exact) mass is 260 g/mol. The second-order valence-corrected chi connectivity index (χ2v) is 3.88. The van der Waals surface area contributed by atoms with Crippen molar-refractivity contribution in [1.82, 2.24) is 9.97 Å². The highest BCUT2D eigenvalue weighted by molar-refractivity contribution is 5.62. The summed E-state index contributed by atoms with van der Waals surface area (Å²) < 4.78 is 10.4. The van der Waals surface area contributed by atoms with Gasteiger partial charge in [-0.2, -0.15) is 0 Å². The summed E-state index contributed by atoms with van der Waals surface area (Å²) in [7, 11) is 3.16. The molecule has 0 aliphatic carbocycles. The third-order valence-corrected chi connectivity index (χ3v) is 2.76. The lowest BCUT2D eigenvalue weighted by atomic mass is 10.2. The van der Waals surface area contributed by atoms with E-state index in [9.17, 15) is 0 Å². The van der Waals surface area contributed by atoms with Crippen molar-refractivity contribution in [2.75, 3.05) is 20.0 Å². The predicted molar refractivity (Wildman–Crippen MR) is 72.9 cm³/mol. The molecule has 0 bridgehead atoms. The van der Waals surface area contributed by atoms with E-state index in [4.69, 9.17) is 20.9 Å². The Bertz CT molecular complexity index is 587. The Hall–Kier alpha value is -2.34. The first-order valence-corrected chi connectivity index (χ1v) is 5.73. The van der Waals surface area contributed by atoms with Gasteiger partial charge in [-0.1, -0.05) is 0 Å². The maximum absolute atomic E-state index is 5.81. The number of aromatic nitrogens is 2. The Balaban J connectivity index is 2.44. The molecule has 0 aliphatic heterocycles. The molecule has 4 N–H and O–H groups in total. The Morgan fingerprint density at radius 2 is 1.89 bits per heavy atom. The highest BCUT2D eigenvalue weighted by Crippen LogP contribution is 2.31. The zero-order valence-corrected chi connectivity index (χ0v) is 10.9. The molecule has 0 saturated heterocycles. The van der Waals surface area contributed by atoms with Crippen LogP contribution in [-0.2, 0) is 6.54 Å². The zero-order chi connectivity index (χ0) is 13.8. The van der Waals surface area contributed by atoms with Crippen LogP contribution in [0.2, 0.25) is 0 Å². The van der Waals surface area contributed by atoms with Gasteiger partial charge in [-0.05, 0) is 18.2 Å². The van der Waals surface area contributed by atoms with Gasteiger partial charge in [-0.15, -0.1) is 0 Å². The van der Waals surface area contributed by atoms with Gasteiger partial charge in [-0.3, -0.25) is 0 Å². The van der Waals surface area contributed by atoms with E-state index in [1.807, 2.05) is 6.07 Å². The molecule has 1 aromatic heterocycles. The Morgan fingerprint density at radius 1 is 1.16 bits per heavy atom. The molecule has 1 heterocycles. The number of hydrogen-bond acceptors (Lipinski definition) is 6. The second-order valence-electron chi connectivity index (χ2n) is 3.88. The lowest BCUT2D eigenvalue weighted by molar-refractivity contribution is 0.355. The van der Waals surface area contributed by atoms with E-state index < -0.39 is 0 Å². The Morgan fingerprint density at radius 3 is 2.47 bits per heavy atom. The third kappa shape index (κ3) is 2.58. The minimum Gasteiger partial charge on any atom is -0.493 e. The summed E-state index contributed by atoms with van der Waals surface area (Å²) in [6.45, 7) is 0.318. The number of nitrogens with two attached hydrogens (primary N) is 2. The molecule has 6 heteroatoms. The number of benzene rings is 1. The quantitative estimate of drug-likeness (QED) is 0.857. The summed E-state index contributed by atoms with van der Waals surface area (Å²) in [4.78, 5) is 8.48. The van der Waals surface area contributed by atoms with Gasteiger partial charge < -0.3 is 20.9 Å². The lowest BCUT2D eigenvalue weighted by Crippen LogP contribution is -2.05. The Labute approximate surface area is 111 Å². The van der Waals surface area contributed by atoms with Gasteiger partial charge in [0.05, 0.1) is 14.2 Å². The molecule has 0 spiro atoms. The molecule has 0 radical (unpaired) electrons. The van der Waals surface area contributed by atoms with Crippen LogP contribution in [0.3, 0.4) is 0 Å². The van der Waals surface area contributed by atoms with Gasteiger partial charge in [0.15, 0.2) is 17.3 Å². The van der Waals surface area contributed by atoms with Gasteiger partial charge in [0.1, 0.15) is 5.82 Å². The number of methoxy groups -OCH3 is 2. The number of anilines is 1. The van der Waals surface area contributed by atoms with Crippen molar-refractivity contribution in [3.8, 4) is 22.9 Å². The van der Waals surface area contributed by atoms with Crippen molar-refractivity contribution < 1.29 is 9.47 Å². The number of hydrogen-bond donors (Lipinski definition) is 2. The minimum absolute atomic E-state index is 0.318. The van der Waals surface area contributed by atoms with Crippen molar-refractivity contribution in [2.24, 2.45) is 5.73 Å². The highest BCUT2D eigenvalue weighted by Gasteiger charge is 2.09. The zero-order valence-electron chi connectivity index (χ0n) is 10.9. The number of nitrogen functional groups attached to an aromatic ring is 1. The average molecular weight is 260 g/mol. The van der Waals surface area contributed by atoms with E-state index in [1.54, 1.807) is 32.5 Å². The molecule has 2 rings (SSSR count). The van der Waals surface area contributed by atoms with E-state index in [0.717, 1.165) is 11.1 Å². The number of rotatable bonds is 4. The van der Waals surface area contributed by atoms with Crippen LogP contribution in [0, 0.1) is 0 Å². The van der Waals surface area contributed by atoms with Crippen LogP contribution in [0.15, 0.2) is 24.4 Å². The van der Waals surface area contributed by atoms with Crippen molar-refractivity contribution >= 4 is 5.82 Å². The summed E-state index contributed by atoms with van der Waals surface area (Å²) in [5.41, 5.74) is 12.9. The van der Waals surface area contributed by atoms with Crippen molar-refractivity contribution in [3.63, 3.8) is 0 Å². The largest absolute Gasteiger partial charge is 0.493 e. The molecule has 1 aromatic carbocycles. The van der Waals surface area contributed by atoms with Crippen molar-refractivity contribution in [3.05, 3.63) is 30.0 Å². The molecule has 0 unspecified atom stereocenters. The summed E-state index contributed by atoms with van der Waals surface area (Å²) in [6, 6.07) is 5.44. The van der Waals surface area contributed by atoms with Crippen molar-refractivity contribution in [2.45, 2.75) is 6.54 Å². The summed E-state index contributed by atoms with van der Waals surface area (Å²) in [5, 5.41) is 0. The molecule has 19 heavy (non-hydrogen) atoms. The Kier molecular flexibility index (Phi) is 3.82. The molecule has 0 aliphatic rings. The average Bonchev–Trinajstić information content (AvgIpc) is 2.46. The molecule has 2 aromatic rings. The van der Waals surface area contributed by atoms with Crippen molar-refractivity contribution in [1.29, 1.82) is 0 Å². The van der Waals surface area contributed by atoms with E-state index in [-0.39, 0.29) is 0 Å².